The summed E-state index contributed by atoms with van der Waals surface area (Å²) >= 11 is 0. The van der Waals surface area contributed by atoms with Crippen LogP contribution in [0.15, 0.2) is 30.6 Å². The van der Waals surface area contributed by atoms with E-state index in [0.717, 1.165) is 11.4 Å². The zero-order valence-electron chi connectivity index (χ0n) is 9.81. The molecule has 4 nitrogen and oxygen atoms in total. The van der Waals surface area contributed by atoms with Crippen LogP contribution in [0.1, 0.15) is 23.0 Å². The van der Waals surface area contributed by atoms with E-state index in [0.29, 0.717) is 0 Å². The molecule has 4 heteroatoms. The van der Waals surface area contributed by atoms with Crippen molar-refractivity contribution in [1.29, 1.82) is 0 Å². The molecule has 0 amide bonds. The van der Waals surface area contributed by atoms with Crippen LogP contribution >= 0.6 is 0 Å². The molecule has 84 valence electrons. The highest BCUT2D eigenvalue weighted by atomic mass is 15.3. The van der Waals surface area contributed by atoms with E-state index in [1.165, 1.54) is 5.56 Å². The summed E-state index contributed by atoms with van der Waals surface area (Å²) < 4.78 is 1.81. The Balaban J connectivity index is 2.40. The van der Waals surface area contributed by atoms with Crippen molar-refractivity contribution in [3.63, 3.8) is 0 Å². The van der Waals surface area contributed by atoms with Crippen molar-refractivity contribution in [2.75, 3.05) is 7.05 Å². The molecule has 2 rings (SSSR count). The number of nitrogens with one attached hydrogen (secondary N) is 1. The van der Waals surface area contributed by atoms with E-state index in [4.69, 9.17) is 0 Å². The highest BCUT2D eigenvalue weighted by Gasteiger charge is 2.16. The zero-order chi connectivity index (χ0) is 11.5. The van der Waals surface area contributed by atoms with Crippen molar-refractivity contribution >= 4 is 0 Å². The molecule has 0 aliphatic rings. The summed E-state index contributed by atoms with van der Waals surface area (Å²) in [6, 6.07) is 6.16. The van der Waals surface area contributed by atoms with Crippen molar-refractivity contribution in [1.82, 2.24) is 20.1 Å². The molecule has 0 aliphatic carbocycles. The quantitative estimate of drug-likeness (QED) is 0.844. The monoisotopic (exact) mass is 216 g/mol. The van der Waals surface area contributed by atoms with Crippen LogP contribution in [0.4, 0.5) is 0 Å². The van der Waals surface area contributed by atoms with Crippen molar-refractivity contribution in [2.45, 2.75) is 13.0 Å². The Hall–Kier alpha value is -1.68. The average Bonchev–Trinajstić information content (AvgIpc) is 2.69. The molecule has 1 atom stereocenters. The molecule has 16 heavy (non-hydrogen) atoms. The van der Waals surface area contributed by atoms with Crippen molar-refractivity contribution < 1.29 is 0 Å². The van der Waals surface area contributed by atoms with Crippen LogP contribution in [0.3, 0.4) is 0 Å². The van der Waals surface area contributed by atoms with Gasteiger partial charge in [0.05, 0.1) is 11.7 Å². The minimum Gasteiger partial charge on any atom is -0.308 e. The number of aryl methyl sites for hydroxylation is 2. The zero-order valence-corrected chi connectivity index (χ0v) is 9.81. The molecule has 2 aromatic rings. The first-order chi connectivity index (χ1) is 7.72. The van der Waals surface area contributed by atoms with Crippen LogP contribution in [-0.4, -0.2) is 21.8 Å². The Kier molecular flexibility index (Phi) is 3.01. The average molecular weight is 216 g/mol. The molecule has 1 unspecified atom stereocenters. The third-order valence-corrected chi connectivity index (χ3v) is 2.68. The van der Waals surface area contributed by atoms with Gasteiger partial charge in [-0.3, -0.25) is 9.67 Å². The minimum absolute atomic E-state index is 0.106. The fraction of sp³-hybridized carbons (Fsp3) is 0.333. The van der Waals surface area contributed by atoms with Gasteiger partial charge >= 0.3 is 0 Å². The molecule has 0 saturated heterocycles. The van der Waals surface area contributed by atoms with Gasteiger partial charge in [0, 0.05) is 25.1 Å². The number of hydrogen-bond acceptors (Lipinski definition) is 3. The number of pyridine rings is 1. The van der Waals surface area contributed by atoms with Gasteiger partial charge in [0.15, 0.2) is 0 Å². The first-order valence-electron chi connectivity index (χ1n) is 5.30. The molecule has 0 radical (unpaired) electrons. The maximum Gasteiger partial charge on any atom is 0.0839 e. The van der Waals surface area contributed by atoms with Crippen LogP contribution in [0, 0.1) is 6.92 Å². The van der Waals surface area contributed by atoms with E-state index in [2.05, 4.69) is 21.5 Å². The molecule has 0 aliphatic heterocycles. The standard InChI is InChI=1S/C12H16N4/c1-9-10(5-4-7-14-9)12(13-2)11-6-8-16(3)15-11/h4-8,12-13H,1-3H3. The Bertz CT molecular complexity index is 475. The minimum atomic E-state index is 0.106. The Morgan fingerprint density at radius 2 is 2.19 bits per heavy atom. The molecule has 2 heterocycles. The van der Waals surface area contributed by atoms with Crippen LogP contribution in [0.5, 0.6) is 0 Å². The summed E-state index contributed by atoms with van der Waals surface area (Å²) in [5.74, 6) is 0. The van der Waals surface area contributed by atoms with Crippen molar-refractivity contribution in [3.05, 3.63) is 47.5 Å². The van der Waals surface area contributed by atoms with Gasteiger partial charge in [-0.2, -0.15) is 5.10 Å². The molecular weight excluding hydrogens is 200 g/mol. The Morgan fingerprint density at radius 1 is 1.38 bits per heavy atom. The normalized spacial score (nSPS) is 12.7. The van der Waals surface area contributed by atoms with E-state index in [-0.39, 0.29) is 6.04 Å². The number of rotatable bonds is 3. The molecular formula is C12H16N4. The molecule has 0 saturated carbocycles. The summed E-state index contributed by atoms with van der Waals surface area (Å²) in [6.07, 6.45) is 3.76. The Labute approximate surface area is 95.3 Å². The second-order valence-corrected chi connectivity index (χ2v) is 3.81. The fourth-order valence-electron chi connectivity index (χ4n) is 1.85. The second kappa shape index (κ2) is 4.45. The molecule has 0 fully saturated rings. The smallest absolute Gasteiger partial charge is 0.0839 e. The summed E-state index contributed by atoms with van der Waals surface area (Å²) in [7, 11) is 3.86. The van der Waals surface area contributed by atoms with E-state index in [1.807, 2.05) is 50.2 Å². The van der Waals surface area contributed by atoms with Gasteiger partial charge in [0.2, 0.25) is 0 Å². The van der Waals surface area contributed by atoms with Crippen molar-refractivity contribution in [3.8, 4) is 0 Å². The maximum absolute atomic E-state index is 4.43. The van der Waals surface area contributed by atoms with E-state index in [9.17, 15) is 0 Å². The number of aromatic nitrogens is 3. The summed E-state index contributed by atoms with van der Waals surface area (Å²) in [5.41, 5.74) is 3.22. The number of nitrogens with zero attached hydrogens (tertiary/aromatic N) is 3. The van der Waals surface area contributed by atoms with Gasteiger partial charge in [0.25, 0.3) is 0 Å². The van der Waals surface area contributed by atoms with Gasteiger partial charge in [-0.05, 0) is 31.7 Å². The topological polar surface area (TPSA) is 42.7 Å². The van der Waals surface area contributed by atoms with Crippen LogP contribution in [0.2, 0.25) is 0 Å². The summed E-state index contributed by atoms with van der Waals surface area (Å²) in [4.78, 5) is 4.31. The van der Waals surface area contributed by atoms with Crippen LogP contribution in [-0.2, 0) is 7.05 Å². The molecule has 0 spiro atoms. The third kappa shape index (κ3) is 1.97. The third-order valence-electron chi connectivity index (χ3n) is 2.68. The highest BCUT2D eigenvalue weighted by molar-refractivity contribution is 5.29. The SMILES string of the molecule is CNC(c1ccn(C)n1)c1cccnc1C. The lowest BCUT2D eigenvalue weighted by atomic mass is 10.0. The maximum atomic E-state index is 4.43. The number of hydrogen-bond donors (Lipinski definition) is 1. The van der Waals surface area contributed by atoms with E-state index < -0.39 is 0 Å². The van der Waals surface area contributed by atoms with Gasteiger partial charge in [0.1, 0.15) is 0 Å². The predicted octanol–water partition coefficient (Wildman–Crippen LogP) is 1.43. The first kappa shape index (κ1) is 10.8. The lowest BCUT2D eigenvalue weighted by Crippen LogP contribution is -2.19. The van der Waals surface area contributed by atoms with Gasteiger partial charge in [-0.1, -0.05) is 6.07 Å². The lowest BCUT2D eigenvalue weighted by Gasteiger charge is -2.15. The molecule has 0 bridgehead atoms. The lowest BCUT2D eigenvalue weighted by molar-refractivity contribution is 0.636. The fourth-order valence-corrected chi connectivity index (χ4v) is 1.85. The first-order valence-corrected chi connectivity index (χ1v) is 5.30. The Morgan fingerprint density at radius 3 is 2.75 bits per heavy atom. The molecule has 0 aromatic carbocycles. The van der Waals surface area contributed by atoms with Gasteiger partial charge < -0.3 is 5.32 Å². The second-order valence-electron chi connectivity index (χ2n) is 3.81. The predicted molar refractivity (Wildman–Crippen MR) is 63.1 cm³/mol. The summed E-state index contributed by atoms with van der Waals surface area (Å²) in [5, 5.41) is 7.70. The van der Waals surface area contributed by atoms with E-state index >= 15 is 0 Å². The van der Waals surface area contributed by atoms with Crippen LogP contribution < -0.4 is 5.32 Å². The van der Waals surface area contributed by atoms with E-state index in [1.54, 1.807) is 0 Å². The van der Waals surface area contributed by atoms with Crippen LogP contribution in [0.25, 0.3) is 0 Å². The largest absolute Gasteiger partial charge is 0.308 e. The molecule has 2 aromatic heterocycles. The van der Waals surface area contributed by atoms with Crippen molar-refractivity contribution in [2.24, 2.45) is 7.05 Å². The highest BCUT2D eigenvalue weighted by Crippen LogP contribution is 2.21. The van der Waals surface area contributed by atoms with Gasteiger partial charge in [-0.15, -0.1) is 0 Å². The molecule has 1 N–H and O–H groups in total. The van der Waals surface area contributed by atoms with Gasteiger partial charge in [-0.25, -0.2) is 0 Å². The summed E-state index contributed by atoms with van der Waals surface area (Å²) in [6.45, 7) is 2.02.